The molecule has 3 aromatic rings. The van der Waals surface area contributed by atoms with Gasteiger partial charge in [-0.2, -0.15) is 0 Å². The van der Waals surface area contributed by atoms with Crippen molar-refractivity contribution in [1.82, 2.24) is 4.90 Å². The molecule has 2 unspecified atom stereocenters. The Morgan fingerprint density at radius 1 is 0.889 bits per heavy atom. The van der Waals surface area contributed by atoms with E-state index in [0.717, 1.165) is 28.7 Å². The molecule has 0 saturated carbocycles. The first-order valence-electron chi connectivity index (χ1n) is 12.1. The minimum Gasteiger partial charge on any atom is -0.448 e. The summed E-state index contributed by atoms with van der Waals surface area (Å²) in [5.41, 5.74) is 3.96. The van der Waals surface area contributed by atoms with Gasteiger partial charge in [-0.3, -0.25) is 4.90 Å². The van der Waals surface area contributed by atoms with Crippen molar-refractivity contribution in [2.24, 2.45) is 0 Å². The molecule has 6 rings (SSSR count). The highest BCUT2D eigenvalue weighted by Gasteiger charge is 2.40. The van der Waals surface area contributed by atoms with Crippen LogP contribution >= 0.6 is 0 Å². The van der Waals surface area contributed by atoms with Crippen LogP contribution in [0.2, 0.25) is 0 Å². The van der Waals surface area contributed by atoms with E-state index in [-0.39, 0.29) is 36.6 Å². The Balaban J connectivity index is 1.25. The molecule has 1 saturated heterocycles. The molecule has 3 nitrogen and oxygen atoms in total. The van der Waals surface area contributed by atoms with Gasteiger partial charge in [-0.05, 0) is 53.5 Å². The first-order valence-corrected chi connectivity index (χ1v) is 12.1. The molecule has 0 N–H and O–H groups in total. The predicted molar refractivity (Wildman–Crippen MR) is 127 cm³/mol. The van der Waals surface area contributed by atoms with Crippen LogP contribution in [-0.2, 0) is 4.74 Å². The summed E-state index contributed by atoms with van der Waals surface area (Å²) in [6.07, 6.45) is 3.17. The van der Waals surface area contributed by atoms with Crippen LogP contribution in [0, 0.1) is 23.3 Å². The van der Waals surface area contributed by atoms with Crippen LogP contribution in [0.3, 0.4) is 0 Å². The second kappa shape index (κ2) is 8.80. The van der Waals surface area contributed by atoms with Crippen molar-refractivity contribution in [3.05, 3.63) is 101 Å². The van der Waals surface area contributed by atoms with Crippen LogP contribution in [0.15, 0.2) is 60.7 Å². The Bertz CT molecular complexity index is 1330. The van der Waals surface area contributed by atoms with Crippen LogP contribution in [-0.4, -0.2) is 29.7 Å². The maximum absolute atomic E-state index is 14.5. The molecular weight excluding hydrogens is 470 g/mol. The Morgan fingerprint density at radius 3 is 2.11 bits per heavy atom. The summed E-state index contributed by atoms with van der Waals surface area (Å²) in [6.45, 7) is 0.164. The highest BCUT2D eigenvalue weighted by atomic mass is 19.2. The Labute approximate surface area is 206 Å². The van der Waals surface area contributed by atoms with E-state index in [1.54, 1.807) is 11.0 Å². The number of hydrogen-bond acceptors (Lipinski definition) is 2. The molecular formula is C29H23F4NO2. The summed E-state index contributed by atoms with van der Waals surface area (Å²) in [6, 6.07) is 15.5. The van der Waals surface area contributed by atoms with Gasteiger partial charge in [0.15, 0.2) is 23.3 Å². The van der Waals surface area contributed by atoms with Gasteiger partial charge in [-0.15, -0.1) is 0 Å². The van der Waals surface area contributed by atoms with Crippen LogP contribution in [0.1, 0.15) is 48.3 Å². The second-order valence-electron chi connectivity index (χ2n) is 9.60. The SMILES string of the molecule is O=C(OCC1c2ccccc2-c2ccccc21)N1C2C=C(c3c(F)c(F)cc(F)c3F)CC1CCC2. The Kier molecular flexibility index (Phi) is 5.58. The fourth-order valence-corrected chi connectivity index (χ4v) is 6.02. The van der Waals surface area contributed by atoms with Gasteiger partial charge in [-0.1, -0.05) is 54.6 Å². The number of rotatable bonds is 3. The normalized spacial score (nSPS) is 20.6. The van der Waals surface area contributed by atoms with Crippen molar-refractivity contribution < 1.29 is 27.1 Å². The number of piperidine rings is 1. The lowest BCUT2D eigenvalue weighted by Gasteiger charge is -2.44. The highest BCUT2D eigenvalue weighted by Crippen LogP contribution is 2.45. The lowest BCUT2D eigenvalue weighted by Crippen LogP contribution is -2.52. The summed E-state index contributed by atoms with van der Waals surface area (Å²) in [5.74, 6) is -5.78. The number of ether oxygens (including phenoxy) is 1. The van der Waals surface area contributed by atoms with E-state index >= 15 is 0 Å². The third kappa shape index (κ3) is 3.60. The number of nitrogens with zero attached hydrogens (tertiary/aromatic N) is 1. The lowest BCUT2D eigenvalue weighted by molar-refractivity contribution is 0.0538. The number of halogens is 4. The molecule has 0 spiro atoms. The van der Waals surface area contributed by atoms with E-state index < -0.39 is 41.0 Å². The van der Waals surface area contributed by atoms with Crippen LogP contribution < -0.4 is 0 Å². The van der Waals surface area contributed by atoms with Crippen LogP contribution in [0.4, 0.5) is 22.4 Å². The number of carbonyl (C=O) groups excluding carboxylic acids is 1. The van der Waals surface area contributed by atoms with E-state index in [0.29, 0.717) is 12.8 Å². The monoisotopic (exact) mass is 493 g/mol. The van der Waals surface area contributed by atoms with Crippen molar-refractivity contribution in [2.75, 3.05) is 6.61 Å². The van der Waals surface area contributed by atoms with Gasteiger partial charge in [0.25, 0.3) is 0 Å². The largest absolute Gasteiger partial charge is 0.448 e. The van der Waals surface area contributed by atoms with Gasteiger partial charge in [-0.25, -0.2) is 22.4 Å². The zero-order valence-electron chi connectivity index (χ0n) is 19.3. The standard InChI is InChI=1S/C29H23F4NO2/c30-24-14-25(31)28(33)26(27(24)32)16-12-17-6-5-7-18(13-16)34(17)29(35)36-15-23-21-10-3-1-8-19(21)20-9-2-4-11-22(20)23/h1-4,8-12,14,17-18,23H,5-7,13,15H2. The van der Waals surface area contributed by atoms with Gasteiger partial charge in [0.05, 0.1) is 11.6 Å². The zero-order chi connectivity index (χ0) is 25.0. The number of carbonyl (C=O) groups is 1. The fraction of sp³-hybridized carbons (Fsp3) is 0.276. The lowest BCUT2D eigenvalue weighted by atomic mass is 9.82. The third-order valence-electron chi connectivity index (χ3n) is 7.62. The van der Waals surface area contributed by atoms with Crippen molar-refractivity contribution >= 4 is 11.7 Å². The third-order valence-corrected chi connectivity index (χ3v) is 7.62. The second-order valence-corrected chi connectivity index (χ2v) is 9.60. The van der Waals surface area contributed by atoms with Crippen molar-refractivity contribution in [3.8, 4) is 11.1 Å². The smallest absolute Gasteiger partial charge is 0.410 e. The van der Waals surface area contributed by atoms with Crippen molar-refractivity contribution in [2.45, 2.75) is 43.7 Å². The van der Waals surface area contributed by atoms with E-state index in [2.05, 4.69) is 12.1 Å². The van der Waals surface area contributed by atoms with Gasteiger partial charge < -0.3 is 4.74 Å². The molecule has 36 heavy (non-hydrogen) atoms. The van der Waals surface area contributed by atoms with Gasteiger partial charge in [0, 0.05) is 18.0 Å². The Hall–Kier alpha value is -3.61. The summed E-state index contributed by atoms with van der Waals surface area (Å²) >= 11 is 0. The quantitative estimate of drug-likeness (QED) is 0.285. The molecule has 2 aliphatic heterocycles. The van der Waals surface area contributed by atoms with E-state index in [4.69, 9.17) is 4.74 Å². The minimum atomic E-state index is -1.44. The first-order chi connectivity index (χ1) is 17.4. The topological polar surface area (TPSA) is 29.5 Å². The van der Waals surface area contributed by atoms with Gasteiger partial charge in [0.2, 0.25) is 0 Å². The predicted octanol–water partition coefficient (Wildman–Crippen LogP) is 7.20. The van der Waals surface area contributed by atoms with Gasteiger partial charge in [0.1, 0.15) is 6.61 Å². The molecule has 184 valence electrons. The number of hydrogen-bond donors (Lipinski definition) is 0. The Morgan fingerprint density at radius 2 is 1.50 bits per heavy atom. The summed E-state index contributed by atoms with van der Waals surface area (Å²) in [5, 5.41) is 0. The molecule has 3 aliphatic rings. The number of benzene rings is 3. The molecule has 2 bridgehead atoms. The summed E-state index contributed by atoms with van der Waals surface area (Å²) < 4.78 is 62.4. The summed E-state index contributed by atoms with van der Waals surface area (Å²) in [7, 11) is 0. The molecule has 1 aliphatic carbocycles. The summed E-state index contributed by atoms with van der Waals surface area (Å²) in [4.78, 5) is 14.9. The van der Waals surface area contributed by atoms with Crippen LogP contribution in [0.25, 0.3) is 16.7 Å². The number of amides is 1. The molecule has 3 aromatic carbocycles. The highest BCUT2D eigenvalue weighted by molar-refractivity contribution is 5.79. The molecule has 2 heterocycles. The van der Waals surface area contributed by atoms with Crippen LogP contribution in [0.5, 0.6) is 0 Å². The average Bonchev–Trinajstić information content (AvgIpc) is 3.19. The molecule has 0 radical (unpaired) electrons. The maximum atomic E-state index is 14.5. The fourth-order valence-electron chi connectivity index (χ4n) is 6.02. The molecule has 1 fully saturated rings. The first kappa shape index (κ1) is 22.8. The molecule has 0 aromatic heterocycles. The van der Waals surface area contributed by atoms with Gasteiger partial charge >= 0.3 is 6.09 Å². The average molecular weight is 494 g/mol. The minimum absolute atomic E-state index is 0.0875. The van der Waals surface area contributed by atoms with E-state index in [9.17, 15) is 22.4 Å². The molecule has 7 heteroatoms. The molecule has 1 amide bonds. The van der Waals surface area contributed by atoms with Crippen molar-refractivity contribution in [1.29, 1.82) is 0 Å². The van der Waals surface area contributed by atoms with Crippen molar-refractivity contribution in [3.63, 3.8) is 0 Å². The van der Waals surface area contributed by atoms with E-state index in [1.165, 1.54) is 0 Å². The number of fused-ring (bicyclic) bond motifs is 5. The maximum Gasteiger partial charge on any atom is 0.410 e. The molecule has 2 atom stereocenters. The zero-order valence-corrected chi connectivity index (χ0v) is 19.3. The van der Waals surface area contributed by atoms with E-state index in [1.807, 2.05) is 36.4 Å².